The summed E-state index contributed by atoms with van der Waals surface area (Å²) in [5.74, 6) is 0.380. The molecule has 0 saturated heterocycles. The summed E-state index contributed by atoms with van der Waals surface area (Å²) >= 11 is 7.41. The number of nitrogens with zero attached hydrogens (tertiary/aromatic N) is 2. The van der Waals surface area contributed by atoms with Crippen LogP contribution in [-0.2, 0) is 13.2 Å². The van der Waals surface area contributed by atoms with E-state index in [0.29, 0.717) is 28.0 Å². The highest BCUT2D eigenvalue weighted by molar-refractivity contribution is 7.09. The largest absolute Gasteiger partial charge is 0.485 e. The van der Waals surface area contributed by atoms with Crippen LogP contribution in [0.15, 0.2) is 54.2 Å². The van der Waals surface area contributed by atoms with E-state index in [1.54, 1.807) is 29.9 Å². The average molecular weight is 360 g/mol. The molecule has 2 heterocycles. The highest BCUT2D eigenvalue weighted by atomic mass is 35.5. The highest BCUT2D eigenvalue weighted by Crippen LogP contribution is 2.24. The van der Waals surface area contributed by atoms with Gasteiger partial charge in [-0.1, -0.05) is 23.7 Å². The van der Waals surface area contributed by atoms with Crippen LogP contribution in [-0.4, -0.2) is 15.9 Å². The van der Waals surface area contributed by atoms with E-state index in [-0.39, 0.29) is 12.5 Å². The maximum Gasteiger partial charge on any atom is 0.271 e. The molecular formula is C17H14ClN3O2S. The smallest absolute Gasteiger partial charge is 0.271 e. The second-order valence-corrected chi connectivity index (χ2v) is 6.23. The van der Waals surface area contributed by atoms with Crippen molar-refractivity contribution in [1.82, 2.24) is 15.3 Å². The molecule has 3 rings (SSSR count). The van der Waals surface area contributed by atoms with Crippen molar-refractivity contribution >= 4 is 28.8 Å². The number of amides is 1. The lowest BCUT2D eigenvalue weighted by atomic mass is 10.2. The van der Waals surface area contributed by atoms with Gasteiger partial charge in [-0.2, -0.15) is 0 Å². The van der Waals surface area contributed by atoms with Gasteiger partial charge >= 0.3 is 0 Å². The van der Waals surface area contributed by atoms with Crippen molar-refractivity contribution in [2.45, 2.75) is 13.2 Å². The van der Waals surface area contributed by atoms with Crippen LogP contribution in [0.4, 0.5) is 0 Å². The minimum Gasteiger partial charge on any atom is -0.485 e. The number of nitrogens with one attached hydrogen (secondary N) is 1. The number of halogens is 1. The first-order valence-corrected chi connectivity index (χ1v) is 8.47. The number of pyridine rings is 1. The Morgan fingerprint density at radius 3 is 2.79 bits per heavy atom. The molecule has 2 aromatic heterocycles. The first-order valence-electron chi connectivity index (χ1n) is 7.21. The summed E-state index contributed by atoms with van der Waals surface area (Å²) in [6.45, 7) is 0.705. The first kappa shape index (κ1) is 16.4. The van der Waals surface area contributed by atoms with Gasteiger partial charge < -0.3 is 10.1 Å². The van der Waals surface area contributed by atoms with Gasteiger partial charge in [-0.05, 0) is 29.8 Å². The zero-order chi connectivity index (χ0) is 16.8. The number of ether oxygens (including phenoxy) is 1. The molecule has 5 nitrogen and oxygen atoms in total. The van der Waals surface area contributed by atoms with Gasteiger partial charge in [0.15, 0.2) is 0 Å². The van der Waals surface area contributed by atoms with Crippen molar-refractivity contribution in [1.29, 1.82) is 0 Å². The number of benzene rings is 1. The summed E-state index contributed by atoms with van der Waals surface area (Å²) in [5, 5.41) is 5.80. The maximum absolute atomic E-state index is 12.1. The summed E-state index contributed by atoms with van der Waals surface area (Å²) in [6.07, 6.45) is 3.38. The fraction of sp³-hybridized carbons (Fsp3) is 0.118. The predicted octanol–water partition coefficient (Wildman–Crippen LogP) is 3.70. The Bertz CT molecular complexity index is 823. The molecule has 0 radical (unpaired) electrons. The van der Waals surface area contributed by atoms with Crippen LogP contribution in [0.2, 0.25) is 5.02 Å². The number of para-hydroxylation sites is 1. The number of hydrogen-bond acceptors (Lipinski definition) is 5. The van der Waals surface area contributed by atoms with Crippen LogP contribution in [0, 0.1) is 0 Å². The third kappa shape index (κ3) is 4.31. The van der Waals surface area contributed by atoms with Crippen molar-refractivity contribution in [3.8, 4) is 5.75 Å². The zero-order valence-electron chi connectivity index (χ0n) is 12.6. The van der Waals surface area contributed by atoms with Crippen molar-refractivity contribution in [3.05, 3.63) is 75.5 Å². The molecular weight excluding hydrogens is 346 g/mol. The molecule has 0 saturated carbocycles. The van der Waals surface area contributed by atoms with Gasteiger partial charge in [-0.15, -0.1) is 11.3 Å². The van der Waals surface area contributed by atoms with Gasteiger partial charge in [0.2, 0.25) is 0 Å². The van der Waals surface area contributed by atoms with E-state index >= 15 is 0 Å². The lowest BCUT2D eigenvalue weighted by molar-refractivity contribution is 0.0946. The fourth-order valence-electron chi connectivity index (χ4n) is 1.96. The van der Waals surface area contributed by atoms with E-state index in [0.717, 1.165) is 5.56 Å². The standard InChI is InChI=1S/C17H14ClN3O2S/c18-13-3-1-2-4-15(13)23-10-16-21-14(11-24-16)17(22)20-9-12-5-7-19-8-6-12/h1-8,11H,9-10H2,(H,20,22). The zero-order valence-corrected chi connectivity index (χ0v) is 14.2. The minimum atomic E-state index is -0.216. The third-order valence-corrected chi connectivity index (χ3v) is 4.31. The van der Waals surface area contributed by atoms with E-state index in [4.69, 9.17) is 16.3 Å². The van der Waals surface area contributed by atoms with Gasteiger partial charge in [-0.3, -0.25) is 9.78 Å². The topological polar surface area (TPSA) is 64.1 Å². The summed E-state index contributed by atoms with van der Waals surface area (Å²) in [4.78, 5) is 20.3. The Balaban J connectivity index is 1.55. The van der Waals surface area contributed by atoms with E-state index in [9.17, 15) is 4.79 Å². The molecule has 24 heavy (non-hydrogen) atoms. The van der Waals surface area contributed by atoms with E-state index in [1.165, 1.54) is 11.3 Å². The number of carbonyl (C=O) groups excluding carboxylic acids is 1. The molecule has 0 spiro atoms. The molecule has 3 aromatic rings. The maximum atomic E-state index is 12.1. The summed E-state index contributed by atoms with van der Waals surface area (Å²) in [7, 11) is 0. The molecule has 0 fully saturated rings. The normalized spacial score (nSPS) is 10.4. The summed E-state index contributed by atoms with van der Waals surface area (Å²) in [5.41, 5.74) is 1.36. The summed E-state index contributed by atoms with van der Waals surface area (Å²) in [6, 6.07) is 10.9. The van der Waals surface area contributed by atoms with E-state index in [2.05, 4.69) is 15.3 Å². The molecule has 0 aliphatic rings. The Kier molecular flexibility index (Phi) is 5.40. The van der Waals surface area contributed by atoms with Gasteiger partial charge in [0, 0.05) is 24.3 Å². The lowest BCUT2D eigenvalue weighted by Gasteiger charge is -2.05. The Labute approximate surface area is 148 Å². The highest BCUT2D eigenvalue weighted by Gasteiger charge is 2.11. The van der Waals surface area contributed by atoms with Crippen molar-refractivity contribution in [3.63, 3.8) is 0 Å². The van der Waals surface area contributed by atoms with E-state index in [1.807, 2.05) is 24.3 Å². The summed E-state index contributed by atoms with van der Waals surface area (Å²) < 4.78 is 5.62. The fourth-order valence-corrected chi connectivity index (χ4v) is 2.83. The molecule has 0 atom stereocenters. The van der Waals surface area contributed by atoms with E-state index < -0.39 is 0 Å². The van der Waals surface area contributed by atoms with Gasteiger partial charge in [-0.25, -0.2) is 4.98 Å². The van der Waals surface area contributed by atoms with Gasteiger partial charge in [0.1, 0.15) is 23.1 Å². The number of thiazole rings is 1. The van der Waals surface area contributed by atoms with Crippen LogP contribution < -0.4 is 10.1 Å². The second-order valence-electron chi connectivity index (χ2n) is 4.88. The van der Waals surface area contributed by atoms with Crippen LogP contribution >= 0.6 is 22.9 Å². The van der Waals surface area contributed by atoms with Crippen LogP contribution in [0.5, 0.6) is 5.75 Å². The van der Waals surface area contributed by atoms with Crippen LogP contribution in [0.25, 0.3) is 0 Å². The Hall–Kier alpha value is -2.44. The van der Waals surface area contributed by atoms with Crippen LogP contribution in [0.1, 0.15) is 21.1 Å². The Morgan fingerprint density at radius 2 is 2.00 bits per heavy atom. The predicted molar refractivity (Wildman–Crippen MR) is 93.3 cm³/mol. The Morgan fingerprint density at radius 1 is 1.21 bits per heavy atom. The molecule has 7 heteroatoms. The SMILES string of the molecule is O=C(NCc1ccncc1)c1csc(COc2ccccc2Cl)n1. The number of aromatic nitrogens is 2. The van der Waals surface area contributed by atoms with Crippen LogP contribution in [0.3, 0.4) is 0 Å². The molecule has 122 valence electrons. The molecule has 0 aliphatic heterocycles. The monoisotopic (exact) mass is 359 g/mol. The average Bonchev–Trinajstić information content (AvgIpc) is 3.09. The molecule has 0 unspecified atom stereocenters. The van der Waals surface area contributed by atoms with Crippen molar-refractivity contribution < 1.29 is 9.53 Å². The molecule has 0 aliphatic carbocycles. The number of rotatable bonds is 6. The molecule has 1 N–H and O–H groups in total. The molecule has 0 bridgehead atoms. The number of hydrogen-bond donors (Lipinski definition) is 1. The van der Waals surface area contributed by atoms with Gasteiger partial charge in [0.25, 0.3) is 5.91 Å². The number of carbonyl (C=O) groups is 1. The minimum absolute atomic E-state index is 0.216. The van der Waals surface area contributed by atoms with Crippen molar-refractivity contribution in [2.75, 3.05) is 0 Å². The van der Waals surface area contributed by atoms with Crippen molar-refractivity contribution in [2.24, 2.45) is 0 Å². The van der Waals surface area contributed by atoms with Gasteiger partial charge in [0.05, 0.1) is 5.02 Å². The second kappa shape index (κ2) is 7.90. The lowest BCUT2D eigenvalue weighted by Crippen LogP contribution is -2.23. The quantitative estimate of drug-likeness (QED) is 0.728. The molecule has 1 aromatic carbocycles. The molecule has 1 amide bonds. The third-order valence-electron chi connectivity index (χ3n) is 3.17. The first-order chi connectivity index (χ1) is 11.7.